The van der Waals surface area contributed by atoms with E-state index in [1.807, 2.05) is 13.8 Å². The molecular formula is C27H21NO4. The summed E-state index contributed by atoms with van der Waals surface area (Å²) in [6.07, 6.45) is 1.35. The van der Waals surface area contributed by atoms with Crippen LogP contribution in [0.2, 0.25) is 0 Å². The quantitative estimate of drug-likeness (QED) is 0.710. The number of nitriles is 1. The van der Waals surface area contributed by atoms with E-state index < -0.39 is 5.92 Å². The van der Waals surface area contributed by atoms with Crippen LogP contribution in [0.5, 0.6) is 5.75 Å². The van der Waals surface area contributed by atoms with E-state index in [1.54, 1.807) is 24.3 Å². The summed E-state index contributed by atoms with van der Waals surface area (Å²) >= 11 is 0. The van der Waals surface area contributed by atoms with Crippen molar-refractivity contribution >= 4 is 17.3 Å². The molecule has 3 aliphatic rings. The smallest absolute Gasteiger partial charge is 0.191 e. The Morgan fingerprint density at radius 1 is 0.938 bits per heavy atom. The lowest BCUT2D eigenvalue weighted by Crippen LogP contribution is -2.36. The van der Waals surface area contributed by atoms with Crippen molar-refractivity contribution in [1.82, 2.24) is 0 Å². The van der Waals surface area contributed by atoms with Gasteiger partial charge in [0.05, 0.1) is 11.6 Å². The zero-order valence-electron chi connectivity index (χ0n) is 17.9. The van der Waals surface area contributed by atoms with Gasteiger partial charge in [0.1, 0.15) is 5.75 Å². The topological polar surface area (TPSA) is 95.2 Å². The van der Waals surface area contributed by atoms with Crippen molar-refractivity contribution in [2.75, 3.05) is 0 Å². The van der Waals surface area contributed by atoms with Crippen LogP contribution in [0.4, 0.5) is 0 Å². The van der Waals surface area contributed by atoms with Gasteiger partial charge >= 0.3 is 0 Å². The highest BCUT2D eigenvalue weighted by Crippen LogP contribution is 2.52. The molecule has 2 aromatic carbocycles. The van der Waals surface area contributed by atoms with Gasteiger partial charge in [0.2, 0.25) is 0 Å². The largest absolute Gasteiger partial charge is 0.508 e. The number of benzene rings is 2. The molecular weight excluding hydrogens is 402 g/mol. The van der Waals surface area contributed by atoms with Crippen molar-refractivity contribution in [2.45, 2.75) is 39.0 Å². The standard InChI is InChI=1S/C27H21NO4/c1-27(2)11-16-9-20-24(26(32)19-10-17(29)7-8-18(19)25(20)31)23(22(16)21(30)12-27)15-5-3-14(13-28)4-6-15/h3-8,10,23,29H,9,11-12H2,1-2H3. The van der Waals surface area contributed by atoms with Gasteiger partial charge in [-0.15, -0.1) is 0 Å². The second-order valence-corrected chi connectivity index (χ2v) is 9.58. The molecule has 32 heavy (non-hydrogen) atoms. The number of ketones is 3. The van der Waals surface area contributed by atoms with Crippen LogP contribution in [-0.2, 0) is 4.79 Å². The number of hydrogen-bond acceptors (Lipinski definition) is 5. The predicted molar refractivity (Wildman–Crippen MR) is 117 cm³/mol. The van der Waals surface area contributed by atoms with Crippen molar-refractivity contribution in [3.8, 4) is 11.8 Å². The maximum atomic E-state index is 13.7. The van der Waals surface area contributed by atoms with Crippen molar-refractivity contribution in [2.24, 2.45) is 5.41 Å². The van der Waals surface area contributed by atoms with Crippen LogP contribution < -0.4 is 0 Å². The Morgan fingerprint density at radius 2 is 1.66 bits per heavy atom. The minimum atomic E-state index is -0.656. The summed E-state index contributed by atoms with van der Waals surface area (Å²) in [6.45, 7) is 4.09. The van der Waals surface area contributed by atoms with Crippen LogP contribution >= 0.6 is 0 Å². The van der Waals surface area contributed by atoms with Gasteiger partial charge in [-0.05, 0) is 54.2 Å². The van der Waals surface area contributed by atoms with E-state index in [0.717, 1.165) is 5.57 Å². The van der Waals surface area contributed by atoms with Gasteiger partial charge in [-0.1, -0.05) is 31.6 Å². The first-order chi connectivity index (χ1) is 15.2. The summed E-state index contributed by atoms with van der Waals surface area (Å²) in [5.74, 6) is -1.30. The molecule has 0 saturated carbocycles. The van der Waals surface area contributed by atoms with Gasteiger partial charge in [-0.3, -0.25) is 14.4 Å². The lowest BCUT2D eigenvalue weighted by Gasteiger charge is -2.40. The molecule has 0 fully saturated rings. The predicted octanol–water partition coefficient (Wildman–Crippen LogP) is 4.81. The zero-order valence-corrected chi connectivity index (χ0v) is 17.9. The minimum absolute atomic E-state index is 0.000820. The van der Waals surface area contributed by atoms with E-state index in [9.17, 15) is 24.8 Å². The number of hydrogen-bond donors (Lipinski definition) is 1. The maximum absolute atomic E-state index is 13.7. The van der Waals surface area contributed by atoms with Gasteiger partial charge in [-0.2, -0.15) is 5.26 Å². The van der Waals surface area contributed by atoms with E-state index >= 15 is 0 Å². The molecule has 0 amide bonds. The molecule has 0 radical (unpaired) electrons. The Bertz CT molecular complexity index is 1330. The number of phenolic OH excluding ortho intramolecular Hbond substituents is 1. The first kappa shape index (κ1) is 20.1. The van der Waals surface area contributed by atoms with Crippen molar-refractivity contribution in [3.05, 3.63) is 87.0 Å². The summed E-state index contributed by atoms with van der Waals surface area (Å²) < 4.78 is 0. The fraction of sp³-hybridized carbons (Fsp3) is 0.259. The fourth-order valence-electron chi connectivity index (χ4n) is 5.39. The average Bonchev–Trinajstić information content (AvgIpc) is 2.75. The number of rotatable bonds is 1. The van der Waals surface area contributed by atoms with Crippen LogP contribution in [0.3, 0.4) is 0 Å². The van der Waals surface area contributed by atoms with E-state index in [0.29, 0.717) is 40.7 Å². The Labute approximate surface area is 185 Å². The molecule has 5 heteroatoms. The summed E-state index contributed by atoms with van der Waals surface area (Å²) in [6, 6.07) is 13.2. The van der Waals surface area contributed by atoms with Gasteiger partial charge < -0.3 is 5.11 Å². The van der Waals surface area contributed by atoms with Crippen LogP contribution in [-0.4, -0.2) is 22.5 Å². The molecule has 3 aliphatic carbocycles. The summed E-state index contributed by atoms with van der Waals surface area (Å²) in [4.78, 5) is 40.5. The number of allylic oxidation sites excluding steroid dienone is 4. The first-order valence-corrected chi connectivity index (χ1v) is 10.6. The second kappa shape index (κ2) is 6.86. The number of carbonyl (C=O) groups is 3. The van der Waals surface area contributed by atoms with Gasteiger partial charge in [0.25, 0.3) is 0 Å². The molecule has 0 bridgehead atoms. The molecule has 5 rings (SSSR count). The van der Waals surface area contributed by atoms with Crippen molar-refractivity contribution in [1.29, 1.82) is 5.26 Å². The first-order valence-electron chi connectivity index (χ1n) is 10.6. The lowest BCUT2D eigenvalue weighted by molar-refractivity contribution is -0.118. The molecule has 0 heterocycles. The zero-order chi connectivity index (χ0) is 22.8. The molecule has 0 aromatic heterocycles. The van der Waals surface area contributed by atoms with E-state index in [-0.39, 0.29) is 46.1 Å². The fourth-order valence-corrected chi connectivity index (χ4v) is 5.39. The Balaban J connectivity index is 1.75. The summed E-state index contributed by atoms with van der Waals surface area (Å²) in [5, 5.41) is 19.1. The van der Waals surface area contributed by atoms with Gasteiger partial charge in [0.15, 0.2) is 17.3 Å². The van der Waals surface area contributed by atoms with Gasteiger partial charge in [0, 0.05) is 40.2 Å². The van der Waals surface area contributed by atoms with Crippen LogP contribution in [0.15, 0.2) is 64.8 Å². The molecule has 1 unspecified atom stereocenters. The van der Waals surface area contributed by atoms with E-state index in [4.69, 9.17) is 0 Å². The van der Waals surface area contributed by atoms with Crippen LogP contribution in [0.25, 0.3) is 0 Å². The highest BCUT2D eigenvalue weighted by atomic mass is 16.3. The van der Waals surface area contributed by atoms with Crippen LogP contribution in [0.1, 0.15) is 70.9 Å². The average molecular weight is 423 g/mol. The van der Waals surface area contributed by atoms with Crippen molar-refractivity contribution in [3.63, 3.8) is 0 Å². The summed E-state index contributed by atoms with van der Waals surface area (Å²) in [7, 11) is 0. The van der Waals surface area contributed by atoms with E-state index in [1.165, 1.54) is 18.2 Å². The SMILES string of the molecule is CC1(C)CC(=O)C2=C(CC3=C(C(=O)c4cc(O)ccc4C3=O)C2c2ccc(C#N)cc2)C1. The number of fused-ring (bicyclic) bond motifs is 1. The number of nitrogens with zero attached hydrogens (tertiary/aromatic N) is 1. The molecule has 2 aromatic rings. The summed E-state index contributed by atoms with van der Waals surface area (Å²) in [5.41, 5.74) is 3.72. The Kier molecular flexibility index (Phi) is 4.32. The third kappa shape index (κ3) is 2.95. The number of aromatic hydroxyl groups is 1. The molecule has 0 saturated heterocycles. The van der Waals surface area contributed by atoms with E-state index in [2.05, 4.69) is 6.07 Å². The van der Waals surface area contributed by atoms with Gasteiger partial charge in [-0.25, -0.2) is 0 Å². The normalized spacial score (nSPS) is 21.7. The molecule has 1 N–H and O–H groups in total. The molecule has 0 aliphatic heterocycles. The second-order valence-electron chi connectivity index (χ2n) is 9.58. The Morgan fingerprint density at radius 3 is 2.34 bits per heavy atom. The monoisotopic (exact) mass is 423 g/mol. The number of phenols is 1. The molecule has 5 nitrogen and oxygen atoms in total. The number of carbonyl (C=O) groups excluding carboxylic acids is 3. The lowest BCUT2D eigenvalue weighted by atomic mass is 9.61. The van der Waals surface area contributed by atoms with Crippen LogP contribution in [0, 0.1) is 16.7 Å². The Hall–Kier alpha value is -3.78. The number of Topliss-reactive ketones (excluding diaryl/α,β-unsaturated/α-hetero) is 3. The highest BCUT2D eigenvalue weighted by molar-refractivity contribution is 6.29. The third-order valence-corrected chi connectivity index (χ3v) is 6.69. The molecule has 158 valence electrons. The molecule has 0 spiro atoms. The maximum Gasteiger partial charge on any atom is 0.191 e. The third-order valence-electron chi connectivity index (χ3n) is 6.69. The molecule has 1 atom stereocenters. The van der Waals surface area contributed by atoms with Crippen molar-refractivity contribution < 1.29 is 19.5 Å². The highest BCUT2D eigenvalue weighted by Gasteiger charge is 2.46. The minimum Gasteiger partial charge on any atom is -0.508 e.